The molecule has 0 bridgehead atoms. The maximum atomic E-state index is 12.8. The van der Waals surface area contributed by atoms with Crippen molar-refractivity contribution in [2.45, 2.75) is 59.0 Å². The minimum absolute atomic E-state index is 0.0221. The number of carbonyl (C=O) groups is 3. The zero-order chi connectivity index (χ0) is 23.2. The number of rotatable bonds is 7. The minimum atomic E-state index is -0.721. The van der Waals surface area contributed by atoms with Crippen molar-refractivity contribution < 1.29 is 23.9 Å². The molecule has 7 nitrogen and oxygen atoms in total. The second-order valence-electron chi connectivity index (χ2n) is 9.16. The zero-order valence-electron chi connectivity index (χ0n) is 19.6. The Morgan fingerprint density at radius 2 is 1.97 bits per heavy atom. The predicted molar refractivity (Wildman–Crippen MR) is 119 cm³/mol. The van der Waals surface area contributed by atoms with Gasteiger partial charge in [-0.25, -0.2) is 0 Å². The Bertz CT molecular complexity index is 786. The third-order valence-corrected chi connectivity index (χ3v) is 5.50. The lowest BCUT2D eigenvalue weighted by atomic mass is 9.87. The molecule has 7 heteroatoms. The number of ether oxygens (including phenoxy) is 2. The van der Waals surface area contributed by atoms with E-state index in [0.29, 0.717) is 25.4 Å². The second kappa shape index (κ2) is 10.6. The lowest BCUT2D eigenvalue weighted by molar-refractivity contribution is -0.152. The monoisotopic (exact) mass is 432 g/mol. The summed E-state index contributed by atoms with van der Waals surface area (Å²) in [5.74, 6) is -0.374. The summed E-state index contributed by atoms with van der Waals surface area (Å²) in [7, 11) is 1.60. The average molecular weight is 433 g/mol. The van der Waals surface area contributed by atoms with E-state index in [4.69, 9.17) is 9.47 Å². The molecule has 1 saturated heterocycles. The van der Waals surface area contributed by atoms with E-state index in [0.717, 1.165) is 18.4 Å². The summed E-state index contributed by atoms with van der Waals surface area (Å²) in [5.41, 5.74) is 1.10. The smallest absolute Gasteiger partial charge is 0.310 e. The molecular weight excluding hydrogens is 396 g/mol. The van der Waals surface area contributed by atoms with Gasteiger partial charge in [0.1, 0.15) is 5.75 Å². The largest absolute Gasteiger partial charge is 0.481 e. The first-order valence-corrected chi connectivity index (χ1v) is 11.0. The van der Waals surface area contributed by atoms with Crippen LogP contribution in [0, 0.1) is 5.92 Å². The number of hydrogen-bond donors (Lipinski definition) is 0. The highest BCUT2D eigenvalue weighted by atomic mass is 16.5. The molecule has 1 aromatic carbocycles. The Morgan fingerprint density at radius 3 is 2.61 bits per heavy atom. The maximum Gasteiger partial charge on any atom is 0.310 e. The number of likely N-dealkylation sites (N-methyl/N-ethyl adjacent to an activating group) is 1. The van der Waals surface area contributed by atoms with Gasteiger partial charge in [-0.15, -0.1) is 0 Å². The molecule has 1 aromatic rings. The number of amides is 2. The number of hydrogen-bond acceptors (Lipinski definition) is 5. The van der Waals surface area contributed by atoms with Crippen molar-refractivity contribution in [3.05, 3.63) is 29.8 Å². The molecule has 1 fully saturated rings. The van der Waals surface area contributed by atoms with Gasteiger partial charge in [-0.1, -0.05) is 32.9 Å². The van der Waals surface area contributed by atoms with Crippen molar-refractivity contribution in [2.24, 2.45) is 5.92 Å². The van der Waals surface area contributed by atoms with Gasteiger partial charge < -0.3 is 19.3 Å². The molecule has 0 N–H and O–H groups in total. The van der Waals surface area contributed by atoms with Crippen LogP contribution in [0.15, 0.2) is 24.3 Å². The normalized spacial score (nSPS) is 17.6. The Kier molecular flexibility index (Phi) is 8.48. The Hall–Kier alpha value is -2.57. The lowest BCUT2D eigenvalue weighted by Gasteiger charge is -2.33. The van der Waals surface area contributed by atoms with Gasteiger partial charge in [0.2, 0.25) is 5.91 Å². The number of nitrogens with zero attached hydrogens (tertiary/aromatic N) is 2. The Balaban J connectivity index is 1.92. The van der Waals surface area contributed by atoms with E-state index in [1.165, 1.54) is 4.90 Å². The van der Waals surface area contributed by atoms with Crippen LogP contribution in [0.5, 0.6) is 5.75 Å². The van der Waals surface area contributed by atoms with Crippen LogP contribution in [-0.2, 0) is 24.5 Å². The summed E-state index contributed by atoms with van der Waals surface area (Å²) in [5, 5.41) is 0. The number of carbonyl (C=O) groups excluding carboxylic acids is 3. The summed E-state index contributed by atoms with van der Waals surface area (Å²) < 4.78 is 10.9. The van der Waals surface area contributed by atoms with Crippen LogP contribution in [0.3, 0.4) is 0 Å². The SMILES string of the molecule is CCOC(=O)C1CCCN(C(=O)CN(C)C(=O)C(C)Oc2cccc(C(C)(C)C)c2)C1. The molecule has 1 aliphatic heterocycles. The van der Waals surface area contributed by atoms with Crippen molar-refractivity contribution in [2.75, 3.05) is 33.3 Å². The molecule has 1 aliphatic rings. The van der Waals surface area contributed by atoms with Gasteiger partial charge in [0.05, 0.1) is 19.1 Å². The fourth-order valence-electron chi connectivity index (χ4n) is 3.64. The number of likely N-dealkylation sites (tertiary alicyclic amines) is 1. The molecule has 2 atom stereocenters. The second-order valence-corrected chi connectivity index (χ2v) is 9.16. The molecule has 2 amide bonds. The van der Waals surface area contributed by atoms with Crippen LogP contribution in [0.2, 0.25) is 0 Å². The summed E-state index contributed by atoms with van der Waals surface area (Å²) in [6, 6.07) is 7.72. The van der Waals surface area contributed by atoms with E-state index in [1.807, 2.05) is 24.3 Å². The van der Waals surface area contributed by atoms with Gasteiger partial charge >= 0.3 is 5.97 Å². The van der Waals surface area contributed by atoms with Crippen LogP contribution in [0.25, 0.3) is 0 Å². The van der Waals surface area contributed by atoms with E-state index in [1.54, 1.807) is 25.8 Å². The average Bonchev–Trinajstić information content (AvgIpc) is 2.72. The van der Waals surface area contributed by atoms with Crippen LogP contribution in [-0.4, -0.2) is 67.0 Å². The number of esters is 1. The van der Waals surface area contributed by atoms with E-state index < -0.39 is 6.10 Å². The molecule has 0 radical (unpaired) electrons. The minimum Gasteiger partial charge on any atom is -0.481 e. The highest BCUT2D eigenvalue weighted by Crippen LogP contribution is 2.26. The molecule has 0 spiro atoms. The molecule has 31 heavy (non-hydrogen) atoms. The van der Waals surface area contributed by atoms with Gasteiger partial charge in [0.25, 0.3) is 5.91 Å². The number of benzene rings is 1. The van der Waals surface area contributed by atoms with Crippen LogP contribution < -0.4 is 4.74 Å². The molecule has 2 rings (SSSR count). The quantitative estimate of drug-likeness (QED) is 0.619. The van der Waals surface area contributed by atoms with E-state index in [2.05, 4.69) is 20.8 Å². The van der Waals surface area contributed by atoms with Crippen LogP contribution in [0.1, 0.15) is 53.0 Å². The van der Waals surface area contributed by atoms with E-state index >= 15 is 0 Å². The van der Waals surface area contributed by atoms with Crippen molar-refractivity contribution in [1.29, 1.82) is 0 Å². The first kappa shape index (κ1) is 24.7. The molecular formula is C24H36N2O5. The van der Waals surface area contributed by atoms with E-state index in [9.17, 15) is 14.4 Å². The Morgan fingerprint density at radius 1 is 1.26 bits per heavy atom. The summed E-state index contributed by atoms with van der Waals surface area (Å²) in [4.78, 5) is 40.5. The summed E-state index contributed by atoms with van der Waals surface area (Å²) >= 11 is 0. The maximum absolute atomic E-state index is 12.8. The first-order chi connectivity index (χ1) is 14.5. The fraction of sp³-hybridized carbons (Fsp3) is 0.625. The van der Waals surface area contributed by atoms with Crippen LogP contribution >= 0.6 is 0 Å². The predicted octanol–water partition coefficient (Wildman–Crippen LogP) is 3.01. The molecule has 0 saturated carbocycles. The Labute approximate surface area is 185 Å². The summed E-state index contributed by atoms with van der Waals surface area (Å²) in [6.45, 7) is 11.0. The number of piperidine rings is 1. The standard InChI is InChI=1S/C24H36N2O5/c1-7-30-23(29)18-10-9-13-26(15-18)21(27)16-25(6)22(28)17(2)31-20-12-8-11-19(14-20)24(3,4)5/h8,11-12,14,17-18H,7,9-10,13,15-16H2,1-6H3. The third-order valence-electron chi connectivity index (χ3n) is 5.50. The topological polar surface area (TPSA) is 76.2 Å². The zero-order valence-corrected chi connectivity index (χ0v) is 19.6. The van der Waals surface area contributed by atoms with Crippen molar-refractivity contribution in [3.63, 3.8) is 0 Å². The first-order valence-electron chi connectivity index (χ1n) is 11.0. The summed E-state index contributed by atoms with van der Waals surface area (Å²) in [6.07, 6.45) is 0.744. The van der Waals surface area contributed by atoms with Gasteiger partial charge in [-0.05, 0) is 49.8 Å². The lowest BCUT2D eigenvalue weighted by Crippen LogP contribution is -2.48. The van der Waals surface area contributed by atoms with Crippen molar-refractivity contribution in [3.8, 4) is 5.75 Å². The highest BCUT2D eigenvalue weighted by Gasteiger charge is 2.31. The van der Waals surface area contributed by atoms with Gasteiger partial charge in [0.15, 0.2) is 6.10 Å². The molecule has 0 aliphatic carbocycles. The molecule has 0 aromatic heterocycles. The van der Waals surface area contributed by atoms with Crippen LogP contribution in [0.4, 0.5) is 0 Å². The fourth-order valence-corrected chi connectivity index (χ4v) is 3.64. The van der Waals surface area contributed by atoms with Gasteiger partial charge in [-0.3, -0.25) is 14.4 Å². The van der Waals surface area contributed by atoms with E-state index in [-0.39, 0.29) is 35.7 Å². The van der Waals surface area contributed by atoms with Crippen molar-refractivity contribution in [1.82, 2.24) is 9.80 Å². The van der Waals surface area contributed by atoms with Gasteiger partial charge in [-0.2, -0.15) is 0 Å². The van der Waals surface area contributed by atoms with Crippen molar-refractivity contribution >= 4 is 17.8 Å². The van der Waals surface area contributed by atoms with Gasteiger partial charge in [0, 0.05) is 20.1 Å². The molecule has 2 unspecified atom stereocenters. The molecule has 1 heterocycles. The molecule has 172 valence electrons. The highest BCUT2D eigenvalue weighted by molar-refractivity contribution is 5.87. The third kappa shape index (κ3) is 6.97.